The van der Waals surface area contributed by atoms with Crippen molar-refractivity contribution >= 4 is 0 Å². The first-order chi connectivity index (χ1) is 6.68. The third-order valence-corrected chi connectivity index (χ3v) is 1.97. The van der Waals surface area contributed by atoms with Gasteiger partial charge in [0.15, 0.2) is 0 Å². The summed E-state index contributed by atoms with van der Waals surface area (Å²) in [4.78, 5) is 0. The van der Waals surface area contributed by atoms with Crippen LogP contribution in [0.2, 0.25) is 0 Å². The molecule has 0 rings (SSSR count). The molecule has 0 fully saturated rings. The number of aliphatic hydroxyl groups is 1. The van der Waals surface area contributed by atoms with Crippen LogP contribution in [-0.2, 0) is 9.47 Å². The van der Waals surface area contributed by atoms with E-state index in [9.17, 15) is 5.11 Å². The number of hydrogen-bond acceptors (Lipinski definition) is 3. The average molecular weight is 203 g/mol. The Hall–Kier alpha value is -0.120. The van der Waals surface area contributed by atoms with E-state index in [1.165, 1.54) is 0 Å². The molecule has 3 heteroatoms. The van der Waals surface area contributed by atoms with Gasteiger partial charge >= 0.3 is 0 Å². The molecule has 0 saturated heterocycles. The molecule has 14 heavy (non-hydrogen) atoms. The highest BCUT2D eigenvalue weighted by Gasteiger charge is 2.25. The molecule has 0 aliphatic carbocycles. The summed E-state index contributed by atoms with van der Waals surface area (Å²) < 4.78 is 10.5. The Morgan fingerprint density at radius 2 is 1.50 bits per heavy atom. The van der Waals surface area contributed by atoms with Gasteiger partial charge in [-0.3, -0.25) is 0 Å². The second-order valence-electron chi connectivity index (χ2n) is 3.37. The van der Waals surface area contributed by atoms with Crippen molar-refractivity contribution in [3.63, 3.8) is 0 Å². The van der Waals surface area contributed by atoms with Crippen LogP contribution in [-0.4, -0.2) is 24.3 Å². The van der Waals surface area contributed by atoms with Crippen molar-refractivity contribution < 1.29 is 14.6 Å². The van der Waals surface area contributed by atoms with Gasteiger partial charge in [-0.1, -0.05) is 26.7 Å². The fourth-order valence-electron chi connectivity index (χ4n) is 0.938. The first kappa shape index (κ1) is 13.9. The first-order valence-corrected chi connectivity index (χ1v) is 5.48. The molecular formula is C11H23O3. The summed E-state index contributed by atoms with van der Waals surface area (Å²) >= 11 is 0. The molecule has 85 valence electrons. The van der Waals surface area contributed by atoms with Gasteiger partial charge in [0, 0.05) is 6.42 Å². The summed E-state index contributed by atoms with van der Waals surface area (Å²) in [6.45, 7) is 8.81. The Kier molecular flexibility index (Phi) is 8.14. The fourth-order valence-corrected chi connectivity index (χ4v) is 0.938. The average Bonchev–Trinajstić information content (AvgIpc) is 2.19. The highest BCUT2D eigenvalue weighted by Crippen LogP contribution is 2.15. The lowest BCUT2D eigenvalue weighted by Gasteiger charge is -2.26. The molecule has 0 aromatic rings. The molecule has 0 aromatic carbocycles. The molecule has 0 aliphatic heterocycles. The van der Waals surface area contributed by atoms with Gasteiger partial charge in [0.25, 0.3) is 5.97 Å². The molecule has 3 nitrogen and oxygen atoms in total. The van der Waals surface area contributed by atoms with Gasteiger partial charge in [0.1, 0.15) is 0 Å². The number of ether oxygens (including phenoxy) is 2. The number of rotatable bonds is 9. The van der Waals surface area contributed by atoms with Gasteiger partial charge in [-0.05, 0) is 19.8 Å². The van der Waals surface area contributed by atoms with Crippen molar-refractivity contribution in [3.05, 3.63) is 6.92 Å². The number of hydrogen-bond donors (Lipinski definition) is 1. The standard InChI is InChI=1S/C11H23O3/c1-4-7-9-13-11(12,6-3)14-10-8-5-2/h12H,3-10H2,1-2H3. The molecular weight excluding hydrogens is 180 g/mol. The predicted molar refractivity (Wildman–Crippen MR) is 56.6 cm³/mol. The minimum atomic E-state index is -1.47. The lowest BCUT2D eigenvalue weighted by molar-refractivity contribution is -0.358. The molecule has 0 aliphatic rings. The topological polar surface area (TPSA) is 38.7 Å². The summed E-state index contributed by atoms with van der Waals surface area (Å²) in [6.07, 6.45) is 4.17. The molecule has 0 aromatic heterocycles. The Morgan fingerprint density at radius 3 is 1.79 bits per heavy atom. The fraction of sp³-hybridized carbons (Fsp3) is 0.909. The maximum atomic E-state index is 9.77. The van der Waals surface area contributed by atoms with Crippen LogP contribution in [0, 0.1) is 6.92 Å². The lowest BCUT2D eigenvalue weighted by atomic mass is 10.3. The van der Waals surface area contributed by atoms with E-state index < -0.39 is 5.97 Å². The van der Waals surface area contributed by atoms with Crippen molar-refractivity contribution in [2.75, 3.05) is 13.2 Å². The highest BCUT2D eigenvalue weighted by atomic mass is 16.8. The van der Waals surface area contributed by atoms with E-state index in [0.29, 0.717) is 13.2 Å². The van der Waals surface area contributed by atoms with Gasteiger partial charge in [0.2, 0.25) is 0 Å². The summed E-state index contributed by atoms with van der Waals surface area (Å²) in [7, 11) is 0. The molecule has 0 unspecified atom stereocenters. The van der Waals surface area contributed by atoms with Crippen LogP contribution in [0.5, 0.6) is 0 Å². The molecule has 1 N–H and O–H groups in total. The second-order valence-corrected chi connectivity index (χ2v) is 3.37. The zero-order valence-corrected chi connectivity index (χ0v) is 9.42. The smallest absolute Gasteiger partial charge is 0.280 e. The summed E-state index contributed by atoms with van der Waals surface area (Å²) in [6, 6.07) is 0. The third-order valence-electron chi connectivity index (χ3n) is 1.97. The Balaban J connectivity index is 3.67. The normalized spacial score (nSPS) is 12.0. The monoisotopic (exact) mass is 203 g/mol. The van der Waals surface area contributed by atoms with Crippen molar-refractivity contribution in [1.82, 2.24) is 0 Å². The van der Waals surface area contributed by atoms with E-state index in [2.05, 4.69) is 20.8 Å². The summed E-state index contributed by atoms with van der Waals surface area (Å²) in [5.41, 5.74) is 0. The van der Waals surface area contributed by atoms with Crippen molar-refractivity contribution in [2.45, 2.75) is 51.9 Å². The molecule has 1 radical (unpaired) electrons. The maximum Gasteiger partial charge on any atom is 0.280 e. The predicted octanol–water partition coefficient (Wildman–Crippen LogP) is 2.49. The minimum Gasteiger partial charge on any atom is -0.343 e. The first-order valence-electron chi connectivity index (χ1n) is 5.48. The van der Waals surface area contributed by atoms with Crippen molar-refractivity contribution in [2.24, 2.45) is 0 Å². The largest absolute Gasteiger partial charge is 0.343 e. The van der Waals surface area contributed by atoms with Gasteiger partial charge in [-0.15, -0.1) is 0 Å². The van der Waals surface area contributed by atoms with Crippen LogP contribution in [0.4, 0.5) is 0 Å². The van der Waals surface area contributed by atoms with Crippen LogP contribution in [0.25, 0.3) is 0 Å². The Morgan fingerprint density at radius 1 is 1.07 bits per heavy atom. The molecule has 0 bridgehead atoms. The van der Waals surface area contributed by atoms with E-state index in [-0.39, 0.29) is 6.42 Å². The lowest BCUT2D eigenvalue weighted by Crippen LogP contribution is -2.35. The van der Waals surface area contributed by atoms with Crippen LogP contribution in [0.1, 0.15) is 46.0 Å². The van der Waals surface area contributed by atoms with E-state index in [1.54, 1.807) is 0 Å². The van der Waals surface area contributed by atoms with Gasteiger partial charge < -0.3 is 14.6 Å². The Labute approximate surface area is 87.4 Å². The quantitative estimate of drug-likeness (QED) is 0.462. The van der Waals surface area contributed by atoms with Crippen LogP contribution < -0.4 is 0 Å². The van der Waals surface area contributed by atoms with Gasteiger partial charge in [0.05, 0.1) is 13.2 Å². The zero-order valence-electron chi connectivity index (χ0n) is 9.42. The van der Waals surface area contributed by atoms with Crippen LogP contribution in [0.15, 0.2) is 0 Å². The van der Waals surface area contributed by atoms with Crippen LogP contribution >= 0.6 is 0 Å². The third kappa shape index (κ3) is 6.35. The molecule has 0 saturated carbocycles. The van der Waals surface area contributed by atoms with Gasteiger partial charge in [-0.2, -0.15) is 0 Å². The zero-order chi connectivity index (χ0) is 10.9. The summed E-state index contributed by atoms with van der Waals surface area (Å²) in [5.74, 6) is -1.47. The van der Waals surface area contributed by atoms with Crippen molar-refractivity contribution in [3.8, 4) is 0 Å². The highest BCUT2D eigenvalue weighted by molar-refractivity contribution is 4.56. The second kappa shape index (κ2) is 8.21. The molecule has 0 amide bonds. The molecule has 0 heterocycles. The van der Waals surface area contributed by atoms with Gasteiger partial charge in [-0.25, -0.2) is 0 Å². The van der Waals surface area contributed by atoms with E-state index in [0.717, 1.165) is 25.7 Å². The molecule has 0 spiro atoms. The molecule has 0 atom stereocenters. The number of unbranched alkanes of at least 4 members (excludes halogenated alkanes) is 2. The van der Waals surface area contributed by atoms with E-state index in [1.807, 2.05) is 0 Å². The SMILES string of the molecule is [CH2]CC(O)(OCCCC)OCCCC. The van der Waals surface area contributed by atoms with E-state index >= 15 is 0 Å². The van der Waals surface area contributed by atoms with Crippen molar-refractivity contribution in [1.29, 1.82) is 0 Å². The summed E-state index contributed by atoms with van der Waals surface area (Å²) in [5, 5.41) is 9.77. The van der Waals surface area contributed by atoms with E-state index in [4.69, 9.17) is 9.47 Å². The minimum absolute atomic E-state index is 0.223. The maximum absolute atomic E-state index is 9.77. The Bertz CT molecular complexity index is 116. The van der Waals surface area contributed by atoms with Crippen LogP contribution in [0.3, 0.4) is 0 Å².